The van der Waals surface area contributed by atoms with Crippen molar-refractivity contribution in [3.05, 3.63) is 24.3 Å². The third kappa shape index (κ3) is 3.01. The molecule has 0 unspecified atom stereocenters. The Labute approximate surface area is 109 Å². The Balaban J connectivity index is 2.06. The minimum Gasteiger partial charge on any atom is -0.441 e. The fourth-order valence-electron chi connectivity index (χ4n) is 1.75. The molecule has 1 fully saturated rings. The average Bonchev–Trinajstić information content (AvgIpc) is 2.81. The molecule has 0 aromatic heterocycles. The van der Waals surface area contributed by atoms with Gasteiger partial charge >= 0.3 is 6.09 Å². The zero-order chi connectivity index (χ0) is 13.8. The molecule has 1 aliphatic heterocycles. The molecule has 0 spiro atoms. The molecule has 0 radical (unpaired) electrons. The molecular weight excluding hydrogens is 252 g/mol. The van der Waals surface area contributed by atoms with Gasteiger partial charge in [0.05, 0.1) is 13.2 Å². The quantitative estimate of drug-likeness (QED) is 0.708. The first kappa shape index (κ1) is 13.3. The highest BCUT2D eigenvalue weighted by Gasteiger charge is 2.31. The highest BCUT2D eigenvalue weighted by molar-refractivity contribution is 5.93. The number of anilines is 2. The number of hydrogen-bond acceptors (Lipinski definition) is 5. The molecule has 3 N–H and O–H groups in total. The first-order valence-electron chi connectivity index (χ1n) is 5.74. The Hall–Kier alpha value is -2.12. The van der Waals surface area contributed by atoms with E-state index in [9.17, 15) is 9.59 Å². The van der Waals surface area contributed by atoms with Crippen LogP contribution in [0, 0.1) is 0 Å². The molecule has 102 valence electrons. The van der Waals surface area contributed by atoms with Crippen molar-refractivity contribution in [2.45, 2.75) is 6.10 Å². The third-order valence-electron chi connectivity index (χ3n) is 2.68. The largest absolute Gasteiger partial charge is 0.441 e. The van der Waals surface area contributed by atoms with E-state index in [-0.39, 0.29) is 13.2 Å². The fraction of sp³-hybridized carbons (Fsp3) is 0.333. The van der Waals surface area contributed by atoms with Crippen molar-refractivity contribution >= 4 is 23.4 Å². The topological polar surface area (TPSA) is 99.1 Å². The Morgan fingerprint density at radius 2 is 2.05 bits per heavy atom. The van der Waals surface area contributed by atoms with Crippen molar-refractivity contribution in [1.82, 2.24) is 0 Å². The summed E-state index contributed by atoms with van der Waals surface area (Å²) in [5, 5.41) is 20.0. The second-order valence-corrected chi connectivity index (χ2v) is 4.05. The number of amides is 2. The van der Waals surface area contributed by atoms with Crippen LogP contribution in [-0.2, 0) is 9.53 Å². The first-order valence-corrected chi connectivity index (χ1v) is 5.74. The third-order valence-corrected chi connectivity index (χ3v) is 2.68. The van der Waals surface area contributed by atoms with Crippen molar-refractivity contribution < 1.29 is 24.5 Å². The molecule has 0 aliphatic carbocycles. The van der Waals surface area contributed by atoms with E-state index < -0.39 is 24.7 Å². The monoisotopic (exact) mass is 266 g/mol. The summed E-state index contributed by atoms with van der Waals surface area (Å²) in [6.45, 7) is -0.511. The summed E-state index contributed by atoms with van der Waals surface area (Å²) in [6, 6.07) is 6.52. The van der Waals surface area contributed by atoms with Gasteiger partial charge in [0.2, 0.25) is 5.91 Å². The van der Waals surface area contributed by atoms with Crippen molar-refractivity contribution in [3.8, 4) is 0 Å². The minimum atomic E-state index is -0.585. The average molecular weight is 266 g/mol. The molecule has 0 saturated carbocycles. The van der Waals surface area contributed by atoms with E-state index >= 15 is 0 Å². The number of nitrogens with zero attached hydrogens (tertiary/aromatic N) is 1. The second-order valence-electron chi connectivity index (χ2n) is 4.05. The fourth-order valence-corrected chi connectivity index (χ4v) is 1.75. The van der Waals surface area contributed by atoms with Gasteiger partial charge in [0, 0.05) is 11.4 Å². The van der Waals surface area contributed by atoms with Gasteiger partial charge in [0.25, 0.3) is 0 Å². The molecule has 2 amide bonds. The molecule has 7 heteroatoms. The van der Waals surface area contributed by atoms with E-state index in [4.69, 9.17) is 14.9 Å². The molecule has 1 aliphatic rings. The molecular formula is C12H14N2O5. The standard InChI is InChI=1S/C12H14N2O5/c15-6-10-5-14(12(18)19-10)9-3-1-8(2-4-9)13-11(17)7-16/h1-4,10,15-16H,5-7H2,(H,13,17)/t10-/m1/s1. The van der Waals surface area contributed by atoms with Gasteiger partial charge in [-0.1, -0.05) is 0 Å². The van der Waals surface area contributed by atoms with Gasteiger partial charge < -0.3 is 20.3 Å². The SMILES string of the molecule is O=C(CO)Nc1ccc(N2C[C@H](CO)OC2=O)cc1. The van der Waals surface area contributed by atoms with Crippen molar-refractivity contribution in [2.24, 2.45) is 0 Å². The number of aliphatic hydroxyl groups excluding tert-OH is 2. The van der Waals surface area contributed by atoms with E-state index in [0.29, 0.717) is 11.4 Å². The Kier molecular flexibility index (Phi) is 3.98. The minimum absolute atomic E-state index is 0.215. The lowest BCUT2D eigenvalue weighted by atomic mass is 10.2. The van der Waals surface area contributed by atoms with E-state index in [1.165, 1.54) is 4.90 Å². The molecule has 2 rings (SSSR count). The molecule has 0 bridgehead atoms. The lowest BCUT2D eigenvalue weighted by Gasteiger charge is -2.13. The van der Waals surface area contributed by atoms with Gasteiger partial charge in [-0.05, 0) is 24.3 Å². The molecule has 1 aromatic rings. The summed E-state index contributed by atoms with van der Waals surface area (Å²) in [5.74, 6) is -0.506. The van der Waals surface area contributed by atoms with Gasteiger partial charge in [-0.3, -0.25) is 9.69 Å². The highest BCUT2D eigenvalue weighted by Crippen LogP contribution is 2.23. The van der Waals surface area contributed by atoms with Crippen molar-refractivity contribution in [1.29, 1.82) is 0 Å². The summed E-state index contributed by atoms with van der Waals surface area (Å²) < 4.78 is 4.92. The van der Waals surface area contributed by atoms with Crippen LogP contribution in [-0.4, -0.2) is 48.1 Å². The van der Waals surface area contributed by atoms with Gasteiger partial charge in [0.1, 0.15) is 12.7 Å². The number of carbonyl (C=O) groups excluding carboxylic acids is 2. The van der Waals surface area contributed by atoms with Crippen LogP contribution in [0.4, 0.5) is 16.2 Å². The van der Waals surface area contributed by atoms with E-state index in [1.807, 2.05) is 0 Å². The van der Waals surface area contributed by atoms with Crippen LogP contribution >= 0.6 is 0 Å². The molecule has 1 aromatic carbocycles. The summed E-state index contributed by atoms with van der Waals surface area (Å²) in [5.41, 5.74) is 1.14. The van der Waals surface area contributed by atoms with Gasteiger partial charge in [0.15, 0.2) is 0 Å². The van der Waals surface area contributed by atoms with Crippen LogP contribution in [0.3, 0.4) is 0 Å². The van der Waals surface area contributed by atoms with Gasteiger partial charge in [-0.15, -0.1) is 0 Å². The van der Waals surface area contributed by atoms with E-state index in [1.54, 1.807) is 24.3 Å². The number of rotatable bonds is 4. The predicted molar refractivity (Wildman–Crippen MR) is 66.9 cm³/mol. The number of nitrogens with one attached hydrogen (secondary N) is 1. The van der Waals surface area contributed by atoms with Crippen LogP contribution in [0.25, 0.3) is 0 Å². The number of carbonyl (C=O) groups is 2. The predicted octanol–water partition coefficient (Wildman–Crippen LogP) is -0.0651. The maximum absolute atomic E-state index is 11.5. The first-order chi connectivity index (χ1) is 9.13. The molecule has 1 atom stereocenters. The van der Waals surface area contributed by atoms with Gasteiger partial charge in [-0.25, -0.2) is 4.79 Å². The van der Waals surface area contributed by atoms with Crippen LogP contribution in [0.15, 0.2) is 24.3 Å². The summed E-state index contributed by atoms with van der Waals surface area (Å²) >= 11 is 0. The molecule has 19 heavy (non-hydrogen) atoms. The lowest BCUT2D eigenvalue weighted by molar-refractivity contribution is -0.118. The number of hydrogen-bond donors (Lipinski definition) is 3. The smallest absolute Gasteiger partial charge is 0.414 e. The number of benzene rings is 1. The maximum atomic E-state index is 11.5. The summed E-state index contributed by atoms with van der Waals surface area (Å²) in [4.78, 5) is 23.9. The number of ether oxygens (including phenoxy) is 1. The van der Waals surface area contributed by atoms with Crippen molar-refractivity contribution in [3.63, 3.8) is 0 Å². The molecule has 1 heterocycles. The normalized spacial score (nSPS) is 18.3. The van der Waals surface area contributed by atoms with Crippen LogP contribution in [0.5, 0.6) is 0 Å². The van der Waals surface area contributed by atoms with Crippen LogP contribution < -0.4 is 10.2 Å². The summed E-state index contributed by atoms with van der Waals surface area (Å²) in [7, 11) is 0. The zero-order valence-corrected chi connectivity index (χ0v) is 10.1. The Bertz CT molecular complexity index is 474. The van der Waals surface area contributed by atoms with E-state index in [0.717, 1.165) is 0 Å². The Morgan fingerprint density at radius 3 is 2.58 bits per heavy atom. The summed E-state index contributed by atoms with van der Waals surface area (Å²) in [6.07, 6.45) is -1.02. The van der Waals surface area contributed by atoms with Crippen molar-refractivity contribution in [2.75, 3.05) is 30.0 Å². The van der Waals surface area contributed by atoms with Crippen LogP contribution in [0.2, 0.25) is 0 Å². The second kappa shape index (κ2) is 5.68. The number of aliphatic hydroxyl groups is 2. The van der Waals surface area contributed by atoms with Gasteiger partial charge in [-0.2, -0.15) is 0 Å². The number of cyclic esters (lactones) is 1. The highest BCUT2D eigenvalue weighted by atomic mass is 16.6. The zero-order valence-electron chi connectivity index (χ0n) is 10.1. The maximum Gasteiger partial charge on any atom is 0.414 e. The Morgan fingerprint density at radius 1 is 1.37 bits per heavy atom. The molecule has 7 nitrogen and oxygen atoms in total. The molecule has 1 saturated heterocycles. The van der Waals surface area contributed by atoms with Crippen LogP contribution in [0.1, 0.15) is 0 Å². The van der Waals surface area contributed by atoms with E-state index in [2.05, 4.69) is 5.32 Å². The lowest BCUT2D eigenvalue weighted by Crippen LogP contribution is -2.25.